The Kier molecular flexibility index (Phi) is 11.1. The van der Waals surface area contributed by atoms with Crippen molar-refractivity contribution in [3.05, 3.63) is 83.6 Å². The minimum atomic E-state index is -4.74. The molecule has 4 amide bonds. The lowest BCUT2D eigenvalue weighted by molar-refractivity contribution is -0.274. The first-order valence-electron chi connectivity index (χ1n) is 20.3. The number of imide groups is 2. The van der Waals surface area contributed by atoms with Crippen molar-refractivity contribution < 1.29 is 37.1 Å². The molecule has 58 heavy (non-hydrogen) atoms. The van der Waals surface area contributed by atoms with Gasteiger partial charge in [0, 0.05) is 61.0 Å². The molecule has 5 heterocycles. The minimum Gasteiger partial charge on any atom is -0.406 e. The van der Waals surface area contributed by atoms with E-state index in [2.05, 4.69) is 67.8 Å². The Hall–Kier alpha value is -5.21. The first kappa shape index (κ1) is 39.6. The smallest absolute Gasteiger partial charge is 0.406 e. The van der Waals surface area contributed by atoms with Gasteiger partial charge in [-0.15, -0.1) is 13.2 Å². The molecule has 8 rings (SSSR count). The molecule has 0 bridgehead atoms. The highest BCUT2D eigenvalue weighted by molar-refractivity contribution is 6.23. The predicted molar refractivity (Wildman–Crippen MR) is 213 cm³/mol. The number of likely N-dealkylation sites (tertiary alicyclic amines) is 1. The molecule has 1 unspecified atom stereocenters. The second-order valence-corrected chi connectivity index (χ2v) is 16.4. The standard InChI is InChI=1S/C44H49F3N6O5/c1-49(2)18-3-19-52-27-37(31-5-8-33(9-6-31)58-44(45,46)47)35-24-28(4-11-38(35)52)26-50-20-14-29(15-21-50)30-16-22-51(23-17-30)32-7-10-34-36(25-32)43(57)53(42(34)56)39-12-13-40(54)48-41(39)55/h4-11,24-25,27,29-30,39H,3,12-23,26H2,1-2H3,(H,48,54,55). The number of fused-ring (bicyclic) bond motifs is 2. The van der Waals surface area contributed by atoms with Gasteiger partial charge in [-0.05, 0) is 138 Å². The fourth-order valence-electron chi connectivity index (χ4n) is 9.38. The largest absolute Gasteiger partial charge is 0.573 e. The quantitative estimate of drug-likeness (QED) is 0.168. The van der Waals surface area contributed by atoms with Gasteiger partial charge in [-0.25, -0.2) is 0 Å². The van der Waals surface area contributed by atoms with Gasteiger partial charge in [-0.1, -0.05) is 18.2 Å². The molecule has 0 spiro atoms. The summed E-state index contributed by atoms with van der Waals surface area (Å²) in [5, 5.41) is 3.33. The van der Waals surface area contributed by atoms with E-state index >= 15 is 0 Å². The zero-order valence-electron chi connectivity index (χ0n) is 32.9. The van der Waals surface area contributed by atoms with Gasteiger partial charge >= 0.3 is 6.36 Å². The van der Waals surface area contributed by atoms with E-state index < -0.39 is 36.0 Å². The third-order valence-corrected chi connectivity index (χ3v) is 12.4. The van der Waals surface area contributed by atoms with Gasteiger partial charge < -0.3 is 19.1 Å². The molecular formula is C44H49F3N6O5. The lowest BCUT2D eigenvalue weighted by Gasteiger charge is -2.41. The van der Waals surface area contributed by atoms with Crippen LogP contribution in [0.4, 0.5) is 18.9 Å². The third-order valence-electron chi connectivity index (χ3n) is 12.4. The molecule has 1 N–H and O–H groups in total. The summed E-state index contributed by atoms with van der Waals surface area (Å²) in [7, 11) is 4.11. The SMILES string of the molecule is CN(C)CCCn1cc(-c2ccc(OC(F)(F)F)cc2)c2cc(CN3CCC(C4CCN(c5ccc6c(c5)C(=O)N(C5CCC(=O)NC5=O)C6=O)CC4)CC3)ccc21. The van der Waals surface area contributed by atoms with Gasteiger partial charge in [0.1, 0.15) is 11.8 Å². The van der Waals surface area contributed by atoms with E-state index in [0.717, 1.165) is 111 Å². The topological polar surface area (TPSA) is 107 Å². The van der Waals surface area contributed by atoms with Gasteiger partial charge in [-0.2, -0.15) is 0 Å². The van der Waals surface area contributed by atoms with Crippen LogP contribution >= 0.6 is 0 Å². The lowest BCUT2D eigenvalue weighted by Crippen LogP contribution is -2.54. The maximum Gasteiger partial charge on any atom is 0.573 e. The van der Waals surface area contributed by atoms with Gasteiger partial charge in [0.2, 0.25) is 11.8 Å². The number of carbonyl (C=O) groups excluding carboxylic acids is 4. The number of amides is 4. The fraction of sp³-hybridized carbons (Fsp3) is 0.455. The van der Waals surface area contributed by atoms with E-state index in [1.54, 1.807) is 24.3 Å². The number of carbonyl (C=O) groups is 4. The number of alkyl halides is 3. The fourth-order valence-corrected chi connectivity index (χ4v) is 9.38. The maximum absolute atomic E-state index is 13.4. The molecule has 3 aromatic carbocycles. The molecule has 4 aliphatic rings. The number of hydrogen-bond acceptors (Lipinski definition) is 8. The van der Waals surface area contributed by atoms with E-state index in [1.165, 1.54) is 17.7 Å². The number of hydrogen-bond donors (Lipinski definition) is 1. The number of halogens is 3. The molecular weight excluding hydrogens is 750 g/mol. The average Bonchev–Trinajstić information content (AvgIpc) is 3.67. The molecule has 0 radical (unpaired) electrons. The van der Waals surface area contributed by atoms with E-state index in [-0.39, 0.29) is 18.6 Å². The molecule has 4 aliphatic heterocycles. The van der Waals surface area contributed by atoms with Crippen LogP contribution in [0.2, 0.25) is 0 Å². The van der Waals surface area contributed by atoms with Crippen LogP contribution in [0.15, 0.2) is 66.9 Å². The van der Waals surface area contributed by atoms with Crippen molar-refractivity contribution in [3.8, 4) is 16.9 Å². The lowest BCUT2D eigenvalue weighted by atomic mass is 9.78. The van der Waals surface area contributed by atoms with Crippen molar-refractivity contribution in [1.29, 1.82) is 0 Å². The normalized spacial score (nSPS) is 20.1. The first-order chi connectivity index (χ1) is 27.8. The zero-order chi connectivity index (χ0) is 40.7. The van der Waals surface area contributed by atoms with Crippen LogP contribution in [0, 0.1) is 11.8 Å². The summed E-state index contributed by atoms with van der Waals surface area (Å²) in [6.45, 7) is 6.33. The number of aryl methyl sites for hydroxylation is 1. The van der Waals surface area contributed by atoms with Crippen molar-refractivity contribution in [2.24, 2.45) is 11.8 Å². The average molecular weight is 799 g/mol. The minimum absolute atomic E-state index is 0.0864. The summed E-state index contributed by atoms with van der Waals surface area (Å²) in [4.78, 5) is 58.6. The molecule has 14 heteroatoms. The van der Waals surface area contributed by atoms with Crippen LogP contribution in [0.3, 0.4) is 0 Å². The molecule has 0 saturated carbocycles. The molecule has 4 aromatic rings. The Morgan fingerprint density at radius 2 is 1.48 bits per heavy atom. The van der Waals surface area contributed by atoms with Crippen LogP contribution in [-0.4, -0.2) is 102 Å². The number of piperidine rings is 3. The number of nitrogens with one attached hydrogen (secondary N) is 1. The second-order valence-electron chi connectivity index (χ2n) is 16.4. The van der Waals surface area contributed by atoms with Gasteiger partial charge in [0.25, 0.3) is 11.8 Å². The number of nitrogens with zero attached hydrogens (tertiary/aromatic N) is 5. The molecule has 11 nitrogen and oxygen atoms in total. The summed E-state index contributed by atoms with van der Waals surface area (Å²) in [5.41, 5.74) is 5.64. The van der Waals surface area contributed by atoms with Crippen molar-refractivity contribution in [3.63, 3.8) is 0 Å². The number of benzene rings is 3. The van der Waals surface area contributed by atoms with Crippen LogP contribution in [0.1, 0.15) is 71.2 Å². The molecule has 1 aromatic heterocycles. The Bertz CT molecular complexity index is 2200. The summed E-state index contributed by atoms with van der Waals surface area (Å²) < 4.78 is 44.9. The molecule has 0 aliphatic carbocycles. The van der Waals surface area contributed by atoms with Crippen molar-refractivity contribution in [2.75, 3.05) is 51.7 Å². The van der Waals surface area contributed by atoms with E-state index in [4.69, 9.17) is 0 Å². The zero-order valence-corrected chi connectivity index (χ0v) is 32.9. The number of anilines is 1. The summed E-state index contributed by atoms with van der Waals surface area (Å²) in [5.74, 6) is -0.980. The first-order valence-corrected chi connectivity index (χ1v) is 20.3. The van der Waals surface area contributed by atoms with E-state index in [0.29, 0.717) is 23.0 Å². The van der Waals surface area contributed by atoms with E-state index in [1.807, 2.05) is 6.07 Å². The molecule has 1 atom stereocenters. The Balaban J connectivity index is 0.876. The van der Waals surface area contributed by atoms with Crippen molar-refractivity contribution in [2.45, 2.75) is 70.4 Å². The highest BCUT2D eigenvalue weighted by atomic mass is 19.4. The highest BCUT2D eigenvalue weighted by Crippen LogP contribution is 2.38. The third kappa shape index (κ3) is 8.35. The predicted octanol–water partition coefficient (Wildman–Crippen LogP) is 6.69. The summed E-state index contributed by atoms with van der Waals surface area (Å²) in [6, 6.07) is 17.1. The molecule has 3 saturated heterocycles. The summed E-state index contributed by atoms with van der Waals surface area (Å²) in [6.07, 6.45) is 2.90. The monoisotopic (exact) mass is 798 g/mol. The van der Waals surface area contributed by atoms with Crippen molar-refractivity contribution >= 4 is 40.2 Å². The van der Waals surface area contributed by atoms with E-state index in [9.17, 15) is 32.3 Å². The second kappa shape index (κ2) is 16.2. The molecule has 306 valence electrons. The van der Waals surface area contributed by atoms with Crippen LogP contribution < -0.4 is 15.0 Å². The van der Waals surface area contributed by atoms with Crippen LogP contribution in [-0.2, 0) is 22.7 Å². The number of ether oxygens (including phenoxy) is 1. The van der Waals surface area contributed by atoms with Gasteiger partial charge in [0.15, 0.2) is 0 Å². The van der Waals surface area contributed by atoms with Crippen LogP contribution in [0.25, 0.3) is 22.0 Å². The highest BCUT2D eigenvalue weighted by Gasteiger charge is 2.45. The Morgan fingerprint density at radius 1 is 0.793 bits per heavy atom. The van der Waals surface area contributed by atoms with Gasteiger partial charge in [-0.3, -0.25) is 34.3 Å². The van der Waals surface area contributed by atoms with Crippen LogP contribution in [0.5, 0.6) is 5.75 Å². The van der Waals surface area contributed by atoms with Crippen molar-refractivity contribution in [1.82, 2.24) is 24.6 Å². The van der Waals surface area contributed by atoms with Gasteiger partial charge in [0.05, 0.1) is 11.1 Å². The Labute approximate surface area is 335 Å². The number of aromatic nitrogens is 1. The number of rotatable bonds is 11. The maximum atomic E-state index is 13.4. The molecule has 3 fully saturated rings. The Morgan fingerprint density at radius 3 is 2.16 bits per heavy atom. The summed E-state index contributed by atoms with van der Waals surface area (Å²) >= 11 is 0.